The van der Waals surface area contributed by atoms with Crippen LogP contribution in [0.2, 0.25) is 0 Å². The predicted molar refractivity (Wildman–Crippen MR) is 70.8 cm³/mol. The molecule has 0 spiro atoms. The Kier molecular flexibility index (Phi) is 6.15. The fraction of sp³-hybridized carbons (Fsp3) is 0.308. The second-order valence-corrected chi connectivity index (χ2v) is 3.46. The molecule has 0 saturated heterocycles. The molecule has 96 valence electrons. The number of hydrogen-bond donors (Lipinski definition) is 3. The summed E-state index contributed by atoms with van der Waals surface area (Å²) in [4.78, 5) is 0. The van der Waals surface area contributed by atoms with Gasteiger partial charge in [-0.15, -0.1) is 5.92 Å². The maximum atomic E-state index is 8.51. The van der Waals surface area contributed by atoms with Gasteiger partial charge in [-0.2, -0.15) is 0 Å². The van der Waals surface area contributed by atoms with Gasteiger partial charge in [-0.1, -0.05) is 11.1 Å². The molecule has 18 heavy (non-hydrogen) atoms. The summed E-state index contributed by atoms with van der Waals surface area (Å²) in [5, 5.41) is 14.6. The summed E-state index contributed by atoms with van der Waals surface area (Å²) in [6, 6.07) is 7.03. The van der Waals surface area contributed by atoms with Crippen molar-refractivity contribution in [2.24, 2.45) is 10.9 Å². The summed E-state index contributed by atoms with van der Waals surface area (Å²) in [6.07, 6.45) is 0. The molecule has 1 aromatic carbocycles. The first-order valence-electron chi connectivity index (χ1n) is 5.59. The van der Waals surface area contributed by atoms with Crippen molar-refractivity contribution in [3.8, 4) is 17.6 Å². The Morgan fingerprint density at radius 3 is 2.78 bits per heavy atom. The number of nitrogens with one attached hydrogen (secondary N) is 1. The third-order valence-corrected chi connectivity index (χ3v) is 2.20. The minimum Gasteiger partial charge on any atom is -0.492 e. The van der Waals surface area contributed by atoms with Crippen LogP contribution in [0.3, 0.4) is 0 Å². The normalized spacial score (nSPS) is 10.6. The van der Waals surface area contributed by atoms with E-state index in [2.05, 4.69) is 22.3 Å². The zero-order valence-electron chi connectivity index (χ0n) is 10.3. The molecule has 0 radical (unpaired) electrons. The van der Waals surface area contributed by atoms with Crippen molar-refractivity contribution in [1.29, 1.82) is 0 Å². The SMILES string of the molecule is CC#CCNCCOc1ccc(/C(N)=N/O)cc1. The molecule has 0 fully saturated rings. The number of benzene rings is 1. The molecular weight excluding hydrogens is 230 g/mol. The molecule has 0 amide bonds. The Morgan fingerprint density at radius 2 is 2.17 bits per heavy atom. The standard InChI is InChI=1S/C13H17N3O2/c1-2-3-8-15-9-10-18-12-6-4-11(5-7-12)13(14)16-17/h4-7,15,17H,8-10H2,1H3,(H2,14,16). The second kappa shape index (κ2) is 7.98. The van der Waals surface area contributed by atoms with Crippen LogP contribution in [0.15, 0.2) is 29.4 Å². The van der Waals surface area contributed by atoms with Crippen LogP contribution in [-0.2, 0) is 0 Å². The van der Waals surface area contributed by atoms with Crippen LogP contribution in [-0.4, -0.2) is 30.7 Å². The minimum atomic E-state index is 0.0846. The number of amidine groups is 1. The molecule has 0 aliphatic heterocycles. The maximum absolute atomic E-state index is 8.51. The van der Waals surface area contributed by atoms with E-state index in [0.717, 1.165) is 12.3 Å². The molecule has 4 N–H and O–H groups in total. The first-order valence-corrected chi connectivity index (χ1v) is 5.59. The molecule has 5 nitrogen and oxygen atoms in total. The largest absolute Gasteiger partial charge is 0.492 e. The van der Waals surface area contributed by atoms with Gasteiger partial charge in [0.1, 0.15) is 12.4 Å². The monoisotopic (exact) mass is 247 g/mol. The highest BCUT2D eigenvalue weighted by Gasteiger charge is 1.99. The number of rotatable bonds is 6. The van der Waals surface area contributed by atoms with Gasteiger partial charge >= 0.3 is 0 Å². The quantitative estimate of drug-likeness (QED) is 0.173. The average molecular weight is 247 g/mol. The van der Waals surface area contributed by atoms with Crippen molar-refractivity contribution >= 4 is 5.84 Å². The van der Waals surface area contributed by atoms with E-state index in [4.69, 9.17) is 15.7 Å². The van der Waals surface area contributed by atoms with Gasteiger partial charge in [0.2, 0.25) is 0 Å². The summed E-state index contributed by atoms with van der Waals surface area (Å²) in [5.74, 6) is 6.54. The zero-order chi connectivity index (χ0) is 13.2. The Bertz CT molecular complexity index is 444. The molecule has 1 rings (SSSR count). The van der Waals surface area contributed by atoms with E-state index in [1.165, 1.54) is 0 Å². The minimum absolute atomic E-state index is 0.0846. The predicted octanol–water partition coefficient (Wildman–Crippen LogP) is 0.773. The highest BCUT2D eigenvalue weighted by Crippen LogP contribution is 2.11. The van der Waals surface area contributed by atoms with Gasteiger partial charge in [0.15, 0.2) is 5.84 Å². The van der Waals surface area contributed by atoms with Gasteiger partial charge in [0, 0.05) is 12.1 Å². The first-order chi connectivity index (χ1) is 8.77. The Balaban J connectivity index is 2.32. The van der Waals surface area contributed by atoms with Crippen LogP contribution in [0.1, 0.15) is 12.5 Å². The van der Waals surface area contributed by atoms with E-state index in [9.17, 15) is 0 Å². The van der Waals surface area contributed by atoms with E-state index in [0.29, 0.717) is 18.7 Å². The van der Waals surface area contributed by atoms with Gasteiger partial charge in [-0.3, -0.25) is 0 Å². The van der Waals surface area contributed by atoms with Crippen molar-refractivity contribution in [3.63, 3.8) is 0 Å². The van der Waals surface area contributed by atoms with Crippen LogP contribution in [0, 0.1) is 11.8 Å². The molecule has 0 aliphatic rings. The van der Waals surface area contributed by atoms with Crippen molar-refractivity contribution < 1.29 is 9.94 Å². The number of hydrogen-bond acceptors (Lipinski definition) is 4. The molecule has 0 heterocycles. The van der Waals surface area contributed by atoms with Crippen LogP contribution in [0.5, 0.6) is 5.75 Å². The molecule has 0 aliphatic carbocycles. The van der Waals surface area contributed by atoms with Gasteiger partial charge in [-0.05, 0) is 31.2 Å². The van der Waals surface area contributed by atoms with E-state index in [1.807, 2.05) is 0 Å². The number of ether oxygens (including phenoxy) is 1. The lowest BCUT2D eigenvalue weighted by atomic mass is 10.2. The first kappa shape index (κ1) is 13.9. The zero-order valence-corrected chi connectivity index (χ0v) is 10.3. The average Bonchev–Trinajstić information content (AvgIpc) is 2.42. The molecule has 0 unspecified atom stereocenters. The lowest BCUT2D eigenvalue weighted by Gasteiger charge is -2.06. The lowest BCUT2D eigenvalue weighted by molar-refractivity contribution is 0.316. The summed E-state index contributed by atoms with van der Waals surface area (Å²) >= 11 is 0. The van der Waals surface area contributed by atoms with Crippen LogP contribution in [0.25, 0.3) is 0 Å². The highest BCUT2D eigenvalue weighted by atomic mass is 16.5. The van der Waals surface area contributed by atoms with Crippen LogP contribution >= 0.6 is 0 Å². The van der Waals surface area contributed by atoms with Crippen LogP contribution < -0.4 is 15.8 Å². The van der Waals surface area contributed by atoms with E-state index in [-0.39, 0.29) is 5.84 Å². The van der Waals surface area contributed by atoms with Gasteiger partial charge in [0.25, 0.3) is 0 Å². The summed E-state index contributed by atoms with van der Waals surface area (Å²) in [6.45, 7) is 3.77. The number of oxime groups is 1. The number of nitrogens with two attached hydrogens (primary N) is 1. The van der Waals surface area contributed by atoms with Crippen molar-refractivity contribution in [2.75, 3.05) is 19.7 Å². The smallest absolute Gasteiger partial charge is 0.170 e. The van der Waals surface area contributed by atoms with Crippen molar-refractivity contribution in [3.05, 3.63) is 29.8 Å². The maximum Gasteiger partial charge on any atom is 0.170 e. The summed E-state index contributed by atoms with van der Waals surface area (Å²) in [7, 11) is 0. The van der Waals surface area contributed by atoms with Crippen molar-refractivity contribution in [1.82, 2.24) is 5.32 Å². The fourth-order valence-corrected chi connectivity index (χ4v) is 1.26. The summed E-state index contributed by atoms with van der Waals surface area (Å²) < 4.78 is 5.50. The fourth-order valence-electron chi connectivity index (χ4n) is 1.26. The van der Waals surface area contributed by atoms with E-state index >= 15 is 0 Å². The topological polar surface area (TPSA) is 79.9 Å². The van der Waals surface area contributed by atoms with Crippen molar-refractivity contribution in [2.45, 2.75) is 6.92 Å². The second-order valence-electron chi connectivity index (χ2n) is 3.46. The Hall–Kier alpha value is -2.19. The lowest BCUT2D eigenvalue weighted by Crippen LogP contribution is -2.21. The third-order valence-electron chi connectivity index (χ3n) is 2.20. The molecule has 0 aromatic heterocycles. The highest BCUT2D eigenvalue weighted by molar-refractivity contribution is 5.97. The molecule has 0 bridgehead atoms. The van der Waals surface area contributed by atoms with Gasteiger partial charge in [-0.25, -0.2) is 0 Å². The Morgan fingerprint density at radius 1 is 1.44 bits per heavy atom. The third kappa shape index (κ3) is 4.76. The molecule has 5 heteroatoms. The van der Waals surface area contributed by atoms with Gasteiger partial charge in [0.05, 0.1) is 6.54 Å². The van der Waals surface area contributed by atoms with E-state index in [1.54, 1.807) is 31.2 Å². The van der Waals surface area contributed by atoms with E-state index < -0.39 is 0 Å². The molecule has 1 aromatic rings. The van der Waals surface area contributed by atoms with Gasteiger partial charge < -0.3 is 21.0 Å². The Labute approximate surface area is 107 Å². The molecule has 0 saturated carbocycles. The van der Waals surface area contributed by atoms with Crippen LogP contribution in [0.4, 0.5) is 0 Å². The molecular formula is C13H17N3O2. The summed E-state index contributed by atoms with van der Waals surface area (Å²) in [5.41, 5.74) is 6.10. The molecule has 0 atom stereocenters. The number of nitrogens with zero attached hydrogens (tertiary/aromatic N) is 1.